The van der Waals surface area contributed by atoms with E-state index >= 15 is 0 Å². The van der Waals surface area contributed by atoms with Crippen molar-refractivity contribution in [1.82, 2.24) is 4.90 Å². The lowest BCUT2D eigenvalue weighted by Gasteiger charge is -2.22. The van der Waals surface area contributed by atoms with Crippen molar-refractivity contribution < 1.29 is 18.0 Å². The van der Waals surface area contributed by atoms with E-state index in [0.29, 0.717) is 6.42 Å². The molecule has 96 valence electrons. The Balaban J connectivity index is 3.92. The second-order valence-corrected chi connectivity index (χ2v) is 4.67. The van der Waals surface area contributed by atoms with Gasteiger partial charge in [-0.3, -0.25) is 4.79 Å². The van der Waals surface area contributed by atoms with Crippen molar-refractivity contribution in [2.75, 3.05) is 13.6 Å². The van der Waals surface area contributed by atoms with Crippen LogP contribution >= 0.6 is 0 Å². The van der Waals surface area contributed by atoms with Gasteiger partial charge in [-0.15, -0.1) is 0 Å². The van der Waals surface area contributed by atoms with Gasteiger partial charge in [-0.1, -0.05) is 0 Å². The van der Waals surface area contributed by atoms with E-state index in [1.165, 1.54) is 7.05 Å². The van der Waals surface area contributed by atoms with Crippen molar-refractivity contribution in [3.8, 4) is 0 Å². The van der Waals surface area contributed by atoms with Gasteiger partial charge in [0, 0.05) is 25.6 Å². The van der Waals surface area contributed by atoms with Crippen LogP contribution in [0.25, 0.3) is 0 Å². The summed E-state index contributed by atoms with van der Waals surface area (Å²) >= 11 is 0. The highest BCUT2D eigenvalue weighted by Gasteiger charge is 2.28. The fourth-order valence-electron chi connectivity index (χ4n) is 1.04. The smallest absolute Gasteiger partial charge is 0.345 e. The van der Waals surface area contributed by atoms with Gasteiger partial charge in [0.05, 0.1) is 6.42 Å². The molecule has 0 aromatic carbocycles. The van der Waals surface area contributed by atoms with E-state index < -0.39 is 18.1 Å². The number of carbonyl (C=O) groups excluding carboxylic acids is 1. The first-order valence-electron chi connectivity index (χ1n) is 5.11. The summed E-state index contributed by atoms with van der Waals surface area (Å²) in [5, 5.41) is 0. The molecule has 0 atom stereocenters. The summed E-state index contributed by atoms with van der Waals surface area (Å²) in [6.45, 7) is 3.25. The Bertz CT molecular complexity index is 233. The predicted octanol–water partition coefficient (Wildman–Crippen LogP) is 1.91. The average molecular weight is 240 g/mol. The Morgan fingerprint density at radius 3 is 2.12 bits per heavy atom. The third-order valence-corrected chi connectivity index (χ3v) is 2.14. The summed E-state index contributed by atoms with van der Waals surface area (Å²) in [5.41, 5.74) is 5.20. The molecule has 0 aliphatic rings. The molecule has 2 N–H and O–H groups in total. The number of nitrogens with two attached hydrogens (primary N) is 1. The molecule has 3 nitrogen and oxygen atoms in total. The lowest BCUT2D eigenvalue weighted by atomic mass is 10.00. The molecule has 0 rings (SSSR count). The van der Waals surface area contributed by atoms with E-state index in [1.807, 2.05) is 0 Å². The standard InChI is InChI=1S/C10H19F3N2O/c1-9(2,14)5-4-8(16)15(3)7-6-10(11,12)13/h4-7,14H2,1-3H3. The molecule has 0 fully saturated rings. The molecule has 0 aromatic rings. The Kier molecular flexibility index (Phi) is 5.25. The zero-order chi connectivity index (χ0) is 13.0. The molecule has 0 saturated heterocycles. The van der Waals surface area contributed by atoms with Crippen LogP contribution in [-0.2, 0) is 4.79 Å². The molecule has 0 spiro atoms. The Hall–Kier alpha value is -0.780. The first-order valence-corrected chi connectivity index (χ1v) is 5.11. The van der Waals surface area contributed by atoms with Crippen LogP contribution in [0.15, 0.2) is 0 Å². The molecule has 1 amide bonds. The van der Waals surface area contributed by atoms with Crippen molar-refractivity contribution in [1.29, 1.82) is 0 Å². The summed E-state index contributed by atoms with van der Waals surface area (Å²) in [4.78, 5) is 12.5. The van der Waals surface area contributed by atoms with Gasteiger partial charge < -0.3 is 10.6 Å². The largest absolute Gasteiger partial charge is 0.390 e. The molecular formula is C10H19F3N2O. The van der Waals surface area contributed by atoms with Crippen molar-refractivity contribution >= 4 is 5.91 Å². The van der Waals surface area contributed by atoms with Crippen LogP contribution < -0.4 is 5.73 Å². The lowest BCUT2D eigenvalue weighted by molar-refractivity contribution is -0.144. The Morgan fingerprint density at radius 2 is 1.75 bits per heavy atom. The van der Waals surface area contributed by atoms with Crippen molar-refractivity contribution in [3.05, 3.63) is 0 Å². The minimum absolute atomic E-state index is 0.178. The Morgan fingerprint density at radius 1 is 1.25 bits per heavy atom. The van der Waals surface area contributed by atoms with Crippen LogP contribution in [0.4, 0.5) is 13.2 Å². The van der Waals surface area contributed by atoms with Gasteiger partial charge in [0.2, 0.25) is 5.91 Å². The van der Waals surface area contributed by atoms with E-state index in [4.69, 9.17) is 5.73 Å². The predicted molar refractivity (Wildman–Crippen MR) is 55.8 cm³/mol. The highest BCUT2D eigenvalue weighted by Crippen LogP contribution is 2.19. The molecule has 0 heterocycles. The number of hydrogen-bond acceptors (Lipinski definition) is 2. The lowest BCUT2D eigenvalue weighted by Crippen LogP contribution is -2.36. The minimum Gasteiger partial charge on any atom is -0.345 e. The monoisotopic (exact) mass is 240 g/mol. The van der Waals surface area contributed by atoms with Gasteiger partial charge >= 0.3 is 6.18 Å². The average Bonchev–Trinajstić information content (AvgIpc) is 2.07. The number of nitrogens with zero attached hydrogens (tertiary/aromatic N) is 1. The summed E-state index contributed by atoms with van der Waals surface area (Å²) in [7, 11) is 1.37. The second kappa shape index (κ2) is 5.52. The third kappa shape index (κ3) is 8.52. The van der Waals surface area contributed by atoms with Crippen molar-refractivity contribution in [2.24, 2.45) is 5.73 Å². The minimum atomic E-state index is -4.22. The molecule has 16 heavy (non-hydrogen) atoms. The van der Waals surface area contributed by atoms with E-state index in [0.717, 1.165) is 4.90 Å². The molecule has 0 unspecified atom stereocenters. The fourth-order valence-corrected chi connectivity index (χ4v) is 1.04. The normalized spacial score (nSPS) is 12.7. The topological polar surface area (TPSA) is 46.3 Å². The van der Waals surface area contributed by atoms with Gasteiger partial charge in [0.1, 0.15) is 0 Å². The third-order valence-electron chi connectivity index (χ3n) is 2.14. The first-order chi connectivity index (χ1) is 7.01. The van der Waals surface area contributed by atoms with Crippen LogP contribution in [-0.4, -0.2) is 36.1 Å². The molecule has 0 aliphatic heterocycles. The van der Waals surface area contributed by atoms with Crippen LogP contribution in [0.5, 0.6) is 0 Å². The fraction of sp³-hybridized carbons (Fsp3) is 0.900. The number of hydrogen-bond donors (Lipinski definition) is 1. The van der Waals surface area contributed by atoms with Crippen molar-refractivity contribution in [3.63, 3.8) is 0 Å². The number of rotatable bonds is 5. The maximum absolute atomic E-state index is 11.9. The first kappa shape index (κ1) is 15.2. The second-order valence-electron chi connectivity index (χ2n) is 4.67. The van der Waals surface area contributed by atoms with Crippen LogP contribution in [0.1, 0.15) is 33.1 Å². The van der Waals surface area contributed by atoms with E-state index in [9.17, 15) is 18.0 Å². The van der Waals surface area contributed by atoms with E-state index in [1.54, 1.807) is 13.8 Å². The summed E-state index contributed by atoms with van der Waals surface area (Å²) in [6.07, 6.45) is -4.55. The van der Waals surface area contributed by atoms with E-state index in [2.05, 4.69) is 0 Å². The summed E-state index contributed by atoms with van der Waals surface area (Å²) in [5.74, 6) is -0.303. The molecule has 0 aliphatic carbocycles. The zero-order valence-electron chi connectivity index (χ0n) is 9.90. The van der Waals surface area contributed by atoms with E-state index in [-0.39, 0.29) is 18.9 Å². The van der Waals surface area contributed by atoms with Crippen LogP contribution in [0.3, 0.4) is 0 Å². The molecule has 0 aromatic heterocycles. The maximum Gasteiger partial charge on any atom is 0.390 e. The SMILES string of the molecule is CN(CCC(F)(F)F)C(=O)CCC(C)(C)N. The maximum atomic E-state index is 11.9. The number of amides is 1. The number of halogens is 3. The van der Waals surface area contributed by atoms with Crippen LogP contribution in [0.2, 0.25) is 0 Å². The quantitative estimate of drug-likeness (QED) is 0.798. The van der Waals surface area contributed by atoms with Gasteiger partial charge in [-0.05, 0) is 20.3 Å². The summed E-state index contributed by atoms with van der Waals surface area (Å²) in [6, 6.07) is 0. The molecule has 0 saturated carbocycles. The Labute approximate surface area is 93.8 Å². The highest BCUT2D eigenvalue weighted by molar-refractivity contribution is 5.75. The molecular weight excluding hydrogens is 221 g/mol. The van der Waals surface area contributed by atoms with Gasteiger partial charge in [0.25, 0.3) is 0 Å². The molecule has 6 heteroatoms. The van der Waals surface area contributed by atoms with Crippen molar-refractivity contribution in [2.45, 2.75) is 44.8 Å². The molecule has 0 bridgehead atoms. The van der Waals surface area contributed by atoms with Gasteiger partial charge in [-0.25, -0.2) is 0 Å². The van der Waals surface area contributed by atoms with Gasteiger partial charge in [-0.2, -0.15) is 13.2 Å². The molecule has 0 radical (unpaired) electrons. The van der Waals surface area contributed by atoms with Crippen LogP contribution in [0, 0.1) is 0 Å². The summed E-state index contributed by atoms with van der Waals surface area (Å²) < 4.78 is 35.7. The zero-order valence-corrected chi connectivity index (χ0v) is 9.90. The van der Waals surface area contributed by atoms with Gasteiger partial charge in [0.15, 0.2) is 0 Å². The number of alkyl halides is 3. The highest BCUT2D eigenvalue weighted by atomic mass is 19.4. The number of carbonyl (C=O) groups is 1.